The summed E-state index contributed by atoms with van der Waals surface area (Å²) < 4.78 is 4.41. The van der Waals surface area contributed by atoms with Gasteiger partial charge in [-0.3, -0.25) is 0 Å². The molecule has 0 spiro atoms. The molecule has 0 amide bonds. The van der Waals surface area contributed by atoms with Crippen molar-refractivity contribution < 1.29 is 9.15 Å². The second kappa shape index (κ2) is 2.07. The number of hydrogen-bond acceptors (Lipinski definition) is 0. The van der Waals surface area contributed by atoms with Gasteiger partial charge in [-0.25, -0.2) is 0 Å². The van der Waals surface area contributed by atoms with Gasteiger partial charge in [0.2, 0.25) is 12.4 Å². The van der Waals surface area contributed by atoms with Crippen molar-refractivity contribution in [2.75, 3.05) is 20.3 Å². The van der Waals surface area contributed by atoms with Crippen LogP contribution in [0.5, 0.6) is 0 Å². The van der Waals surface area contributed by atoms with Crippen LogP contribution in [0.4, 0.5) is 0 Å². The number of rotatable bonds is 1. The summed E-state index contributed by atoms with van der Waals surface area (Å²) in [7, 11) is 2.08. The van der Waals surface area contributed by atoms with Crippen LogP contribution in [0.15, 0.2) is 0 Å². The number of nitrogens with zero attached hydrogens (tertiary/aromatic N) is 2. The summed E-state index contributed by atoms with van der Waals surface area (Å²) in [6, 6.07) is 0. The molecule has 2 nitrogen and oxygen atoms in total. The zero-order valence-corrected chi connectivity index (χ0v) is 5.46. The van der Waals surface area contributed by atoms with Crippen LogP contribution < -0.4 is 0 Å². The SMILES string of the molecule is CC[N+]1=CC=[N+](C)C1. The fourth-order valence-corrected chi connectivity index (χ4v) is 0.794. The molecule has 8 heavy (non-hydrogen) atoms. The lowest BCUT2D eigenvalue weighted by Gasteiger charge is -1.85. The summed E-state index contributed by atoms with van der Waals surface area (Å²) in [4.78, 5) is 0. The van der Waals surface area contributed by atoms with Gasteiger partial charge in [0.15, 0.2) is 0 Å². The highest BCUT2D eigenvalue weighted by Gasteiger charge is 2.12. The van der Waals surface area contributed by atoms with Crippen LogP contribution in [0.3, 0.4) is 0 Å². The van der Waals surface area contributed by atoms with Crippen LogP contribution >= 0.6 is 0 Å². The van der Waals surface area contributed by atoms with Gasteiger partial charge in [0, 0.05) is 0 Å². The van der Waals surface area contributed by atoms with Gasteiger partial charge in [0.05, 0.1) is 0 Å². The van der Waals surface area contributed by atoms with Crippen molar-refractivity contribution in [1.29, 1.82) is 0 Å². The molecule has 0 fully saturated rings. The van der Waals surface area contributed by atoms with E-state index in [0.717, 1.165) is 13.2 Å². The second-order valence-corrected chi connectivity index (χ2v) is 2.10. The minimum Gasteiger partial charge on any atom is -0.176 e. The van der Waals surface area contributed by atoms with E-state index < -0.39 is 0 Å². The van der Waals surface area contributed by atoms with Gasteiger partial charge in [0.1, 0.15) is 13.6 Å². The van der Waals surface area contributed by atoms with Gasteiger partial charge < -0.3 is 0 Å². The van der Waals surface area contributed by atoms with Gasteiger partial charge >= 0.3 is 6.67 Å². The third-order valence-corrected chi connectivity index (χ3v) is 1.34. The maximum Gasteiger partial charge on any atom is 0.334 e. The van der Waals surface area contributed by atoms with E-state index in [1.807, 2.05) is 0 Å². The lowest BCUT2D eigenvalue weighted by molar-refractivity contribution is -0.697. The molecule has 1 heterocycles. The summed E-state index contributed by atoms with van der Waals surface area (Å²) in [5.74, 6) is 0. The molecule has 0 aliphatic carbocycles. The smallest absolute Gasteiger partial charge is 0.176 e. The van der Waals surface area contributed by atoms with E-state index >= 15 is 0 Å². The lowest BCUT2D eigenvalue weighted by atomic mass is 10.7. The molecule has 0 unspecified atom stereocenters. The molecule has 0 N–H and O–H groups in total. The first-order chi connectivity index (χ1) is 3.83. The third-order valence-electron chi connectivity index (χ3n) is 1.34. The molecule has 0 aromatic carbocycles. The van der Waals surface area contributed by atoms with Crippen LogP contribution in [-0.2, 0) is 0 Å². The van der Waals surface area contributed by atoms with Crippen molar-refractivity contribution in [3.63, 3.8) is 0 Å². The van der Waals surface area contributed by atoms with Gasteiger partial charge in [-0.1, -0.05) is 0 Å². The summed E-state index contributed by atoms with van der Waals surface area (Å²) in [6.45, 7) is 4.32. The minimum atomic E-state index is 1.05. The van der Waals surface area contributed by atoms with Crippen LogP contribution in [0, 0.1) is 0 Å². The van der Waals surface area contributed by atoms with Crippen molar-refractivity contribution in [3.05, 3.63) is 0 Å². The van der Waals surface area contributed by atoms with E-state index in [1.54, 1.807) is 0 Å². The van der Waals surface area contributed by atoms with E-state index in [-0.39, 0.29) is 0 Å². The van der Waals surface area contributed by atoms with Gasteiger partial charge in [-0.2, -0.15) is 9.15 Å². The molecule has 0 radical (unpaired) electrons. The largest absolute Gasteiger partial charge is 0.334 e. The molecular weight excluding hydrogens is 100 g/mol. The highest BCUT2D eigenvalue weighted by atomic mass is 15.2. The predicted octanol–water partition coefficient (Wildman–Crippen LogP) is -0.226. The zero-order chi connectivity index (χ0) is 5.98. The Labute approximate surface area is 49.8 Å². The van der Waals surface area contributed by atoms with Crippen LogP contribution in [-0.4, -0.2) is 41.8 Å². The first-order valence-electron chi connectivity index (χ1n) is 2.95. The van der Waals surface area contributed by atoms with E-state index in [0.29, 0.717) is 0 Å². The van der Waals surface area contributed by atoms with Crippen LogP contribution in [0.2, 0.25) is 0 Å². The van der Waals surface area contributed by atoms with Crippen LogP contribution in [0.25, 0.3) is 0 Å². The minimum absolute atomic E-state index is 1.05. The van der Waals surface area contributed by atoms with E-state index in [9.17, 15) is 0 Å². The molecule has 44 valence electrons. The molecule has 0 saturated heterocycles. The molecular formula is C6H12N2+2. The molecule has 1 rings (SSSR count). The molecule has 0 aromatic heterocycles. The third kappa shape index (κ3) is 0.941. The molecule has 0 saturated carbocycles. The molecule has 0 aromatic rings. The quantitative estimate of drug-likeness (QED) is 0.413. The summed E-state index contributed by atoms with van der Waals surface area (Å²) in [6.07, 6.45) is 4.20. The molecule has 0 atom stereocenters. The average molecular weight is 112 g/mol. The number of hydrogen-bond donors (Lipinski definition) is 0. The zero-order valence-electron chi connectivity index (χ0n) is 5.46. The Morgan fingerprint density at radius 2 is 2.25 bits per heavy atom. The van der Waals surface area contributed by atoms with Gasteiger partial charge in [-0.15, -0.1) is 0 Å². The summed E-state index contributed by atoms with van der Waals surface area (Å²) >= 11 is 0. The van der Waals surface area contributed by atoms with Gasteiger partial charge in [-0.05, 0) is 6.92 Å². The van der Waals surface area contributed by atoms with Crippen molar-refractivity contribution >= 4 is 12.4 Å². The van der Waals surface area contributed by atoms with Crippen molar-refractivity contribution in [3.8, 4) is 0 Å². The Morgan fingerprint density at radius 1 is 1.50 bits per heavy atom. The predicted molar refractivity (Wildman–Crippen MR) is 34.0 cm³/mol. The Kier molecular flexibility index (Phi) is 1.42. The molecule has 1 aliphatic heterocycles. The second-order valence-electron chi connectivity index (χ2n) is 2.10. The lowest BCUT2D eigenvalue weighted by Crippen LogP contribution is -2.14. The van der Waals surface area contributed by atoms with E-state index in [1.165, 1.54) is 0 Å². The highest BCUT2D eigenvalue weighted by molar-refractivity contribution is 6.11. The topological polar surface area (TPSA) is 6.02 Å². The Balaban J connectivity index is 2.49. The fourth-order valence-electron chi connectivity index (χ4n) is 0.794. The van der Waals surface area contributed by atoms with Gasteiger partial charge in [0.25, 0.3) is 0 Å². The molecule has 2 heteroatoms. The standard InChI is InChI=1S/C6H12N2/c1-3-8-5-4-7(2)6-8/h4-5H,3,6H2,1-2H3/q+2. The first kappa shape index (κ1) is 5.48. The average Bonchev–Trinajstić information content (AvgIpc) is 2.14. The normalized spacial score (nSPS) is 18.2. The first-order valence-corrected chi connectivity index (χ1v) is 2.95. The Bertz CT molecular complexity index is 145. The highest BCUT2D eigenvalue weighted by Crippen LogP contribution is 1.78. The molecule has 0 bridgehead atoms. The van der Waals surface area contributed by atoms with Crippen molar-refractivity contribution in [2.24, 2.45) is 0 Å². The molecule has 1 aliphatic rings. The summed E-state index contributed by atoms with van der Waals surface area (Å²) in [5.41, 5.74) is 0. The van der Waals surface area contributed by atoms with Crippen LogP contribution in [0.1, 0.15) is 6.92 Å². The van der Waals surface area contributed by atoms with Crippen molar-refractivity contribution in [1.82, 2.24) is 0 Å². The monoisotopic (exact) mass is 112 g/mol. The Morgan fingerprint density at radius 3 is 2.50 bits per heavy atom. The summed E-state index contributed by atoms with van der Waals surface area (Å²) in [5, 5.41) is 0. The maximum atomic E-state index is 2.25. The fraction of sp³-hybridized carbons (Fsp3) is 0.667. The van der Waals surface area contributed by atoms with E-state index in [4.69, 9.17) is 0 Å². The Hall–Kier alpha value is -0.660. The maximum absolute atomic E-state index is 2.25. The van der Waals surface area contributed by atoms with Crippen molar-refractivity contribution in [2.45, 2.75) is 6.92 Å². The van der Waals surface area contributed by atoms with E-state index in [2.05, 4.69) is 35.6 Å².